The molecule has 1 heterocycles. The second kappa shape index (κ2) is 8.49. The summed E-state index contributed by atoms with van der Waals surface area (Å²) in [5.74, 6) is -0.159. The number of nitrogens with one attached hydrogen (secondary N) is 1. The number of carbonyl (C=O) groups is 1. The molecule has 0 aliphatic heterocycles. The van der Waals surface area contributed by atoms with Gasteiger partial charge in [-0.25, -0.2) is 0 Å². The van der Waals surface area contributed by atoms with E-state index in [4.69, 9.17) is 0 Å². The quantitative estimate of drug-likeness (QED) is 0.879. The van der Waals surface area contributed by atoms with Crippen LogP contribution in [0.3, 0.4) is 0 Å². The summed E-state index contributed by atoms with van der Waals surface area (Å²) in [6, 6.07) is 4.88. The van der Waals surface area contributed by atoms with Crippen molar-refractivity contribution in [3.05, 3.63) is 29.8 Å². The van der Waals surface area contributed by atoms with Crippen molar-refractivity contribution in [2.75, 3.05) is 0 Å². The smallest absolute Gasteiger partial charge is 0.352 e. The van der Waals surface area contributed by atoms with Crippen LogP contribution < -0.4 is 5.32 Å². The van der Waals surface area contributed by atoms with Gasteiger partial charge in [0.15, 0.2) is 0 Å². The molecule has 1 aromatic heterocycles. The van der Waals surface area contributed by atoms with Crippen LogP contribution in [0.25, 0.3) is 11.4 Å². The Morgan fingerprint density at radius 2 is 1.85 bits per heavy atom. The summed E-state index contributed by atoms with van der Waals surface area (Å²) in [4.78, 5) is 13.3. The number of aromatic nitrogens is 4. The zero-order valence-electron chi connectivity index (χ0n) is 14.9. The monoisotopic (exact) mass is 381 g/mol. The van der Waals surface area contributed by atoms with Gasteiger partial charge in [-0.1, -0.05) is 44.2 Å². The molecule has 0 saturated heterocycles. The summed E-state index contributed by atoms with van der Waals surface area (Å²) in [6.07, 6.45) is 3.33. The Morgan fingerprint density at radius 1 is 1.15 bits per heavy atom. The summed E-state index contributed by atoms with van der Waals surface area (Å²) in [5.41, 5.74) is -0.574. The first-order valence-corrected chi connectivity index (χ1v) is 9.16. The van der Waals surface area contributed by atoms with Gasteiger partial charge in [0.2, 0.25) is 11.7 Å². The Morgan fingerprint density at radius 3 is 2.56 bits per heavy atom. The third-order valence-corrected chi connectivity index (χ3v) is 4.66. The van der Waals surface area contributed by atoms with Crippen LogP contribution in [-0.2, 0) is 17.5 Å². The average molecular weight is 381 g/mol. The van der Waals surface area contributed by atoms with Gasteiger partial charge >= 0.3 is 6.18 Å². The van der Waals surface area contributed by atoms with Crippen LogP contribution in [0.5, 0.6) is 0 Å². The van der Waals surface area contributed by atoms with Gasteiger partial charge in [0.25, 0.3) is 0 Å². The summed E-state index contributed by atoms with van der Waals surface area (Å²) in [7, 11) is 0. The van der Waals surface area contributed by atoms with Gasteiger partial charge in [-0.15, -0.1) is 10.2 Å². The van der Waals surface area contributed by atoms with Crippen LogP contribution in [0.1, 0.15) is 50.5 Å². The fraction of sp³-hybridized carbons (Fsp3) is 0.556. The molecule has 146 valence electrons. The molecule has 27 heavy (non-hydrogen) atoms. The number of amides is 1. The van der Waals surface area contributed by atoms with Crippen LogP contribution in [0, 0.1) is 0 Å². The zero-order chi connectivity index (χ0) is 19.3. The molecule has 1 aliphatic carbocycles. The maximum atomic E-state index is 12.8. The Bertz CT molecular complexity index is 766. The van der Waals surface area contributed by atoms with Gasteiger partial charge in [0, 0.05) is 11.6 Å². The van der Waals surface area contributed by atoms with E-state index in [-0.39, 0.29) is 29.9 Å². The first-order chi connectivity index (χ1) is 12.9. The predicted molar refractivity (Wildman–Crippen MR) is 92.5 cm³/mol. The first-order valence-electron chi connectivity index (χ1n) is 9.16. The highest BCUT2D eigenvalue weighted by Crippen LogP contribution is 2.31. The molecule has 0 radical (unpaired) electrons. The molecule has 3 rings (SSSR count). The summed E-state index contributed by atoms with van der Waals surface area (Å²) < 4.78 is 38.5. The third-order valence-electron chi connectivity index (χ3n) is 4.66. The lowest BCUT2D eigenvalue weighted by Gasteiger charge is -2.20. The Balaban J connectivity index is 1.61. The number of hydrogen-bond donors (Lipinski definition) is 1. The number of nitrogens with zero attached hydrogens (tertiary/aromatic N) is 4. The van der Waals surface area contributed by atoms with Gasteiger partial charge in [-0.3, -0.25) is 4.79 Å². The van der Waals surface area contributed by atoms with E-state index in [9.17, 15) is 18.0 Å². The maximum absolute atomic E-state index is 12.8. The van der Waals surface area contributed by atoms with Gasteiger partial charge < -0.3 is 5.32 Å². The number of alkyl halides is 3. The number of tetrazole rings is 1. The van der Waals surface area contributed by atoms with E-state index in [1.165, 1.54) is 31.4 Å². The van der Waals surface area contributed by atoms with Crippen LogP contribution in [0.4, 0.5) is 13.2 Å². The minimum Gasteiger partial charge on any atom is -0.352 e. The summed E-state index contributed by atoms with van der Waals surface area (Å²) in [5, 5.41) is 14.6. The van der Waals surface area contributed by atoms with E-state index in [1.54, 1.807) is 0 Å². The van der Waals surface area contributed by atoms with Crippen molar-refractivity contribution in [2.24, 2.45) is 0 Å². The molecular weight excluding hydrogens is 359 g/mol. The molecule has 0 spiro atoms. The van der Waals surface area contributed by atoms with Crippen molar-refractivity contribution in [3.8, 4) is 11.4 Å². The van der Waals surface area contributed by atoms with E-state index in [0.29, 0.717) is 0 Å². The highest BCUT2D eigenvalue weighted by atomic mass is 19.4. The Kier molecular flexibility index (Phi) is 6.08. The van der Waals surface area contributed by atoms with Gasteiger partial charge in [-0.2, -0.15) is 18.0 Å². The fourth-order valence-corrected chi connectivity index (χ4v) is 3.26. The molecule has 1 N–H and O–H groups in total. The van der Waals surface area contributed by atoms with Crippen molar-refractivity contribution >= 4 is 5.91 Å². The molecule has 1 saturated carbocycles. The third kappa shape index (κ3) is 5.51. The normalized spacial score (nSPS) is 16.6. The fourth-order valence-electron chi connectivity index (χ4n) is 3.26. The number of rotatable bonds is 4. The molecule has 6 nitrogen and oxygen atoms in total. The predicted octanol–water partition coefficient (Wildman–Crippen LogP) is 3.59. The highest BCUT2D eigenvalue weighted by Gasteiger charge is 2.30. The van der Waals surface area contributed by atoms with E-state index in [2.05, 4.69) is 20.7 Å². The Hall–Kier alpha value is -2.45. The Labute approximate surface area is 155 Å². The van der Waals surface area contributed by atoms with Crippen molar-refractivity contribution in [1.29, 1.82) is 0 Å². The van der Waals surface area contributed by atoms with Gasteiger partial charge in [-0.05, 0) is 30.2 Å². The topological polar surface area (TPSA) is 72.7 Å². The van der Waals surface area contributed by atoms with Crippen molar-refractivity contribution in [1.82, 2.24) is 25.5 Å². The van der Waals surface area contributed by atoms with Crippen LogP contribution in [0.2, 0.25) is 0 Å². The standard InChI is InChI=1S/C18H22F3N5O/c19-18(20,21)14-8-6-7-13(11-14)17-23-25-26(24-17)12-16(27)22-15-9-4-2-1-3-5-10-15/h6-8,11,15H,1-5,9-10,12H2,(H,22,27). The molecule has 0 bridgehead atoms. The number of benzene rings is 1. The zero-order valence-corrected chi connectivity index (χ0v) is 14.9. The molecule has 1 aromatic carbocycles. The average Bonchev–Trinajstić information content (AvgIpc) is 3.05. The molecule has 2 aromatic rings. The van der Waals surface area contributed by atoms with Crippen LogP contribution >= 0.6 is 0 Å². The lowest BCUT2D eigenvalue weighted by molar-refractivity contribution is -0.137. The molecule has 1 aliphatic rings. The first kappa shape index (κ1) is 19.3. The summed E-state index contributed by atoms with van der Waals surface area (Å²) >= 11 is 0. The minimum atomic E-state index is -4.44. The van der Waals surface area contributed by atoms with Gasteiger partial charge in [0.1, 0.15) is 6.54 Å². The molecule has 9 heteroatoms. The van der Waals surface area contributed by atoms with E-state index in [1.807, 2.05) is 0 Å². The molecule has 1 amide bonds. The highest BCUT2D eigenvalue weighted by molar-refractivity contribution is 5.75. The molecular formula is C18H22F3N5O. The van der Waals surface area contributed by atoms with E-state index < -0.39 is 11.7 Å². The molecule has 0 atom stereocenters. The largest absolute Gasteiger partial charge is 0.416 e. The van der Waals surface area contributed by atoms with Crippen LogP contribution in [0.15, 0.2) is 24.3 Å². The number of hydrogen-bond acceptors (Lipinski definition) is 4. The van der Waals surface area contributed by atoms with E-state index in [0.717, 1.165) is 42.6 Å². The van der Waals surface area contributed by atoms with Crippen molar-refractivity contribution < 1.29 is 18.0 Å². The molecule has 1 fully saturated rings. The van der Waals surface area contributed by atoms with Gasteiger partial charge in [0.05, 0.1) is 5.56 Å². The van der Waals surface area contributed by atoms with Crippen molar-refractivity contribution in [3.63, 3.8) is 0 Å². The van der Waals surface area contributed by atoms with Crippen LogP contribution in [-0.4, -0.2) is 32.2 Å². The minimum absolute atomic E-state index is 0.0554. The summed E-state index contributed by atoms with van der Waals surface area (Å²) in [6.45, 7) is -0.109. The SMILES string of the molecule is O=C(Cn1nnc(-c2cccc(C(F)(F)F)c2)n1)NC1CCCCCCC1. The number of halogens is 3. The molecule has 0 unspecified atom stereocenters. The van der Waals surface area contributed by atoms with Crippen molar-refractivity contribution in [2.45, 2.75) is 63.7 Å². The van der Waals surface area contributed by atoms with E-state index >= 15 is 0 Å². The lowest BCUT2D eigenvalue weighted by Crippen LogP contribution is -2.37. The lowest BCUT2D eigenvalue weighted by atomic mass is 9.97. The number of carbonyl (C=O) groups excluding carboxylic acids is 1. The maximum Gasteiger partial charge on any atom is 0.416 e. The second-order valence-electron chi connectivity index (χ2n) is 6.83. The second-order valence-corrected chi connectivity index (χ2v) is 6.83.